The zero-order chi connectivity index (χ0) is 27.3. The van der Waals surface area contributed by atoms with Gasteiger partial charge in [0.1, 0.15) is 5.60 Å². The van der Waals surface area contributed by atoms with Crippen LogP contribution in [-0.2, 0) is 21.1 Å². The van der Waals surface area contributed by atoms with Crippen molar-refractivity contribution in [2.45, 2.75) is 103 Å². The second-order valence-electron chi connectivity index (χ2n) is 13.6. The maximum Gasteiger partial charge on any atom is 0.408 e. The van der Waals surface area contributed by atoms with Crippen LogP contribution in [0.2, 0.25) is 0 Å². The first-order chi connectivity index (χ1) is 17.8. The number of ether oxygens (including phenoxy) is 1. The normalized spacial score (nSPS) is 19.1. The Hall–Kier alpha value is -3.14. The molecule has 2 aromatic carbocycles. The lowest BCUT2D eigenvalue weighted by Crippen LogP contribution is -2.52. The van der Waals surface area contributed by atoms with Crippen LogP contribution in [-0.4, -0.2) is 16.7 Å². The van der Waals surface area contributed by atoms with Gasteiger partial charge in [0.15, 0.2) is 0 Å². The highest BCUT2D eigenvalue weighted by Crippen LogP contribution is 2.47. The average Bonchev–Trinajstić information content (AvgIpc) is 2.83. The number of amides is 1. The van der Waals surface area contributed by atoms with Crippen molar-refractivity contribution >= 4 is 6.09 Å². The first-order valence-corrected chi connectivity index (χ1v) is 14.0. The third-order valence-corrected chi connectivity index (χ3v) is 8.63. The number of nitrogens with one attached hydrogen (secondary N) is 1. The number of pyridine rings is 1. The molecule has 0 radical (unpaired) electrons. The maximum absolute atomic E-state index is 12.5. The fourth-order valence-electron chi connectivity index (χ4n) is 6.01. The molecule has 0 spiro atoms. The second kappa shape index (κ2) is 9.25. The van der Waals surface area contributed by atoms with Crippen molar-refractivity contribution in [1.29, 1.82) is 0 Å². The van der Waals surface area contributed by atoms with Crippen LogP contribution in [0, 0.1) is 0 Å². The third kappa shape index (κ3) is 5.10. The van der Waals surface area contributed by atoms with Crippen LogP contribution in [0.25, 0.3) is 22.4 Å². The first kappa shape index (κ1) is 26.5. The molecule has 1 aromatic heterocycles. The topological polar surface area (TPSA) is 51.2 Å². The zero-order valence-electron chi connectivity index (χ0n) is 24.1. The summed E-state index contributed by atoms with van der Waals surface area (Å²) in [5.74, 6) is 0. The molecule has 3 aromatic rings. The molecule has 1 saturated carbocycles. The lowest BCUT2D eigenvalue weighted by atomic mass is 9.63. The minimum atomic E-state index is -0.514. The highest BCUT2D eigenvalue weighted by atomic mass is 16.6. The molecular formula is C34H42N2O2. The molecule has 0 atom stereocenters. The van der Waals surface area contributed by atoms with Gasteiger partial charge in [-0.2, -0.15) is 0 Å². The highest BCUT2D eigenvalue weighted by molar-refractivity contribution is 5.72. The van der Waals surface area contributed by atoms with Gasteiger partial charge in [0.2, 0.25) is 0 Å². The van der Waals surface area contributed by atoms with Gasteiger partial charge in [-0.25, -0.2) is 4.79 Å². The SMILES string of the molecule is CC(C)(C)OC(=O)NC1(c2ccc(-c3cc(-c4ccc5c(c4)C(C)(C)CCC5(C)C)ccn3)cc2)CCC1. The Balaban J connectivity index is 1.40. The molecule has 38 heavy (non-hydrogen) atoms. The van der Waals surface area contributed by atoms with Crippen LogP contribution in [0.5, 0.6) is 0 Å². The molecule has 4 nitrogen and oxygen atoms in total. The standard InChI is InChI=1S/C34H42N2O2/c1-31(2,3)38-30(37)36-34(16-8-17-34)26-12-9-23(10-13-26)29-22-25(15-20-35-29)24-11-14-27-28(21-24)33(6,7)19-18-32(27,4)5/h9-15,20-22H,8,16-19H2,1-7H3,(H,36,37). The average molecular weight is 511 g/mol. The fourth-order valence-corrected chi connectivity index (χ4v) is 6.01. The van der Waals surface area contributed by atoms with Gasteiger partial charge in [0.05, 0.1) is 11.2 Å². The number of nitrogens with zero attached hydrogens (tertiary/aromatic N) is 1. The molecule has 2 aliphatic rings. The van der Waals surface area contributed by atoms with Gasteiger partial charge in [-0.3, -0.25) is 4.98 Å². The van der Waals surface area contributed by atoms with Crippen LogP contribution in [0.4, 0.5) is 4.79 Å². The van der Waals surface area contributed by atoms with E-state index < -0.39 is 5.60 Å². The van der Waals surface area contributed by atoms with E-state index in [0.717, 1.165) is 36.1 Å². The number of carbonyl (C=O) groups excluding carboxylic acids is 1. The van der Waals surface area contributed by atoms with Gasteiger partial charge >= 0.3 is 6.09 Å². The number of carbonyl (C=O) groups is 1. The number of hydrogen-bond acceptors (Lipinski definition) is 3. The van der Waals surface area contributed by atoms with Crippen LogP contribution in [0.15, 0.2) is 60.8 Å². The minimum absolute atomic E-state index is 0.178. The van der Waals surface area contributed by atoms with Crippen LogP contribution < -0.4 is 5.32 Å². The van der Waals surface area contributed by atoms with Crippen molar-refractivity contribution in [2.24, 2.45) is 0 Å². The molecule has 4 heteroatoms. The maximum atomic E-state index is 12.5. The van der Waals surface area contributed by atoms with E-state index in [1.165, 1.54) is 35.1 Å². The fraction of sp³-hybridized carbons (Fsp3) is 0.471. The molecular weight excluding hydrogens is 468 g/mol. The molecule has 0 aliphatic heterocycles. The Morgan fingerprint density at radius 1 is 0.789 bits per heavy atom. The smallest absolute Gasteiger partial charge is 0.408 e. The molecule has 1 amide bonds. The van der Waals surface area contributed by atoms with Gasteiger partial charge in [-0.1, -0.05) is 70.2 Å². The van der Waals surface area contributed by atoms with Crippen LogP contribution >= 0.6 is 0 Å². The summed E-state index contributed by atoms with van der Waals surface area (Å²) in [5.41, 5.74) is 8.05. The Labute approximate surface area is 228 Å². The monoisotopic (exact) mass is 510 g/mol. The predicted molar refractivity (Wildman–Crippen MR) is 155 cm³/mol. The lowest BCUT2D eigenvalue weighted by molar-refractivity contribution is 0.0377. The molecule has 0 saturated heterocycles. The largest absolute Gasteiger partial charge is 0.444 e. The molecule has 0 unspecified atom stereocenters. The summed E-state index contributed by atoms with van der Waals surface area (Å²) in [7, 11) is 0. The number of fused-ring (bicyclic) bond motifs is 1. The molecule has 200 valence electrons. The third-order valence-electron chi connectivity index (χ3n) is 8.63. The summed E-state index contributed by atoms with van der Waals surface area (Å²) in [4.78, 5) is 17.2. The molecule has 0 bridgehead atoms. The Bertz CT molecular complexity index is 1340. The van der Waals surface area contributed by atoms with Crippen molar-refractivity contribution in [2.75, 3.05) is 0 Å². The molecule has 2 aliphatic carbocycles. The number of alkyl carbamates (subject to hydrolysis) is 1. The van der Waals surface area contributed by atoms with Crippen molar-refractivity contribution in [1.82, 2.24) is 10.3 Å². The predicted octanol–water partition coefficient (Wildman–Crippen LogP) is 8.67. The van der Waals surface area contributed by atoms with Gasteiger partial charge in [-0.05, 0) is 104 Å². The van der Waals surface area contributed by atoms with E-state index in [2.05, 4.69) is 87.6 Å². The van der Waals surface area contributed by atoms with Gasteiger partial charge in [0.25, 0.3) is 0 Å². The van der Waals surface area contributed by atoms with E-state index in [4.69, 9.17) is 9.72 Å². The summed E-state index contributed by atoms with van der Waals surface area (Å²) in [5, 5.41) is 3.15. The molecule has 1 fully saturated rings. The Kier molecular flexibility index (Phi) is 6.44. The molecule has 1 N–H and O–H groups in total. The quantitative estimate of drug-likeness (QED) is 0.382. The Morgan fingerprint density at radius 3 is 2.00 bits per heavy atom. The van der Waals surface area contributed by atoms with E-state index in [1.54, 1.807) is 0 Å². The summed E-state index contributed by atoms with van der Waals surface area (Å²) in [6.07, 6.45) is 6.91. The lowest BCUT2D eigenvalue weighted by Gasteiger charge is -2.43. The summed E-state index contributed by atoms with van der Waals surface area (Å²) in [6, 6.07) is 19.8. The molecule has 1 heterocycles. The van der Waals surface area contributed by atoms with E-state index in [0.29, 0.717) is 0 Å². The van der Waals surface area contributed by atoms with Crippen LogP contribution in [0.1, 0.15) is 97.3 Å². The Morgan fingerprint density at radius 2 is 1.39 bits per heavy atom. The molecule has 5 rings (SSSR count). The first-order valence-electron chi connectivity index (χ1n) is 14.0. The van der Waals surface area contributed by atoms with E-state index in [9.17, 15) is 4.79 Å². The summed E-state index contributed by atoms with van der Waals surface area (Å²) in [6.45, 7) is 15.1. The van der Waals surface area contributed by atoms with Gasteiger partial charge in [-0.15, -0.1) is 0 Å². The van der Waals surface area contributed by atoms with Crippen LogP contribution in [0.3, 0.4) is 0 Å². The van der Waals surface area contributed by atoms with E-state index >= 15 is 0 Å². The van der Waals surface area contributed by atoms with Crippen molar-refractivity contribution in [3.63, 3.8) is 0 Å². The second-order valence-corrected chi connectivity index (χ2v) is 13.6. The van der Waals surface area contributed by atoms with Crippen molar-refractivity contribution in [3.8, 4) is 22.4 Å². The minimum Gasteiger partial charge on any atom is -0.444 e. The van der Waals surface area contributed by atoms with Gasteiger partial charge in [0, 0.05) is 11.8 Å². The zero-order valence-corrected chi connectivity index (χ0v) is 24.1. The summed E-state index contributed by atoms with van der Waals surface area (Å²) < 4.78 is 5.54. The van der Waals surface area contributed by atoms with Crippen molar-refractivity contribution in [3.05, 3.63) is 77.5 Å². The number of aromatic nitrogens is 1. The highest BCUT2D eigenvalue weighted by Gasteiger charge is 2.41. The van der Waals surface area contributed by atoms with Crippen molar-refractivity contribution < 1.29 is 9.53 Å². The number of benzene rings is 2. The number of rotatable bonds is 4. The van der Waals surface area contributed by atoms with E-state index in [1.807, 2.05) is 27.0 Å². The summed E-state index contributed by atoms with van der Waals surface area (Å²) >= 11 is 0. The number of hydrogen-bond donors (Lipinski definition) is 1. The van der Waals surface area contributed by atoms with E-state index in [-0.39, 0.29) is 22.5 Å². The van der Waals surface area contributed by atoms with Gasteiger partial charge < -0.3 is 10.1 Å².